The van der Waals surface area contributed by atoms with Gasteiger partial charge in [0.05, 0.1) is 19.3 Å². The van der Waals surface area contributed by atoms with Crippen molar-refractivity contribution in [1.29, 1.82) is 0 Å². The van der Waals surface area contributed by atoms with Crippen LogP contribution in [-0.4, -0.2) is 38.8 Å². The molecular formula is C15H19NO5. The van der Waals surface area contributed by atoms with Gasteiger partial charge in [0.2, 0.25) is 0 Å². The van der Waals surface area contributed by atoms with E-state index in [4.69, 9.17) is 19.0 Å². The van der Waals surface area contributed by atoms with Crippen molar-refractivity contribution in [2.24, 2.45) is 5.16 Å². The molecule has 1 aromatic carbocycles. The third-order valence-corrected chi connectivity index (χ3v) is 3.10. The van der Waals surface area contributed by atoms with Gasteiger partial charge in [0.15, 0.2) is 12.0 Å². The Morgan fingerprint density at radius 2 is 2.10 bits per heavy atom. The van der Waals surface area contributed by atoms with Crippen LogP contribution in [-0.2, 0) is 19.1 Å². The van der Waals surface area contributed by atoms with Crippen molar-refractivity contribution in [2.45, 2.75) is 25.6 Å². The number of methoxy groups -OCH3 is 1. The zero-order valence-electron chi connectivity index (χ0n) is 12.2. The summed E-state index contributed by atoms with van der Waals surface area (Å²) in [5.74, 6) is -0.0666. The lowest BCUT2D eigenvalue weighted by Crippen LogP contribution is -2.26. The molecule has 6 heteroatoms. The molecule has 1 atom stereocenters. The maximum absolute atomic E-state index is 11.8. The summed E-state index contributed by atoms with van der Waals surface area (Å²) in [5, 5.41) is 3.74. The van der Waals surface area contributed by atoms with Gasteiger partial charge in [0, 0.05) is 6.42 Å². The van der Waals surface area contributed by atoms with Gasteiger partial charge >= 0.3 is 5.97 Å². The van der Waals surface area contributed by atoms with Gasteiger partial charge in [-0.3, -0.25) is 0 Å². The zero-order chi connectivity index (χ0) is 15.1. The molecule has 114 valence electrons. The van der Waals surface area contributed by atoms with E-state index < -0.39 is 5.97 Å². The number of nitrogens with zero attached hydrogens (tertiary/aromatic N) is 1. The molecule has 1 aliphatic rings. The molecule has 0 saturated carbocycles. The number of ether oxygens (including phenoxy) is 3. The number of carbonyl (C=O) groups is 1. The lowest BCUT2D eigenvalue weighted by atomic mass is 10.1. The van der Waals surface area contributed by atoms with Gasteiger partial charge in [-0.25, -0.2) is 4.79 Å². The molecule has 0 aliphatic carbocycles. The van der Waals surface area contributed by atoms with Gasteiger partial charge in [0.1, 0.15) is 12.9 Å². The highest BCUT2D eigenvalue weighted by Gasteiger charge is 2.22. The summed E-state index contributed by atoms with van der Waals surface area (Å²) in [4.78, 5) is 16.6. The van der Waals surface area contributed by atoms with Crippen LogP contribution in [0.1, 0.15) is 24.8 Å². The average Bonchev–Trinajstić information content (AvgIpc) is 2.54. The molecule has 1 saturated heterocycles. The minimum absolute atomic E-state index is 0.0615. The first kappa shape index (κ1) is 15.3. The molecule has 1 unspecified atom stereocenters. The molecule has 21 heavy (non-hydrogen) atoms. The molecule has 0 amide bonds. The topological polar surface area (TPSA) is 66.4 Å². The number of esters is 1. The van der Waals surface area contributed by atoms with Crippen molar-refractivity contribution in [3.63, 3.8) is 0 Å². The maximum atomic E-state index is 11.8. The summed E-state index contributed by atoms with van der Waals surface area (Å²) in [7, 11) is 2.66. The van der Waals surface area contributed by atoms with Crippen LogP contribution in [0, 0.1) is 0 Å². The smallest absolute Gasteiger partial charge is 0.360 e. The second kappa shape index (κ2) is 7.64. The standard InChI is InChI=1S/C15H19NO5/c1-18-15(17)14(16-19-2)11-7-3-4-8-12(11)21-13-9-5-6-10-20-13/h3-4,7-8,13H,5-6,9-10H2,1-2H3. The van der Waals surface area contributed by atoms with Gasteiger partial charge in [-0.15, -0.1) is 0 Å². The lowest BCUT2D eigenvalue weighted by molar-refractivity contribution is -0.132. The SMILES string of the molecule is CON=C(C(=O)OC)c1ccccc1OC1CCCCO1. The van der Waals surface area contributed by atoms with Gasteiger partial charge in [-0.05, 0) is 25.0 Å². The van der Waals surface area contributed by atoms with Crippen molar-refractivity contribution in [3.05, 3.63) is 29.8 Å². The molecule has 1 aromatic rings. The molecule has 0 N–H and O–H groups in total. The van der Waals surface area contributed by atoms with Crippen LogP contribution >= 0.6 is 0 Å². The van der Waals surface area contributed by atoms with Crippen molar-refractivity contribution >= 4 is 11.7 Å². The van der Waals surface area contributed by atoms with Crippen LogP contribution in [0.4, 0.5) is 0 Å². The highest BCUT2D eigenvalue weighted by molar-refractivity contribution is 6.43. The molecule has 0 bridgehead atoms. The van der Waals surface area contributed by atoms with Crippen LogP contribution in [0.15, 0.2) is 29.4 Å². The molecule has 1 aliphatic heterocycles. The Morgan fingerprint density at radius 1 is 1.29 bits per heavy atom. The minimum atomic E-state index is -0.586. The van der Waals surface area contributed by atoms with Gasteiger partial charge < -0.3 is 19.0 Å². The van der Waals surface area contributed by atoms with Crippen molar-refractivity contribution < 1.29 is 23.8 Å². The number of carbonyl (C=O) groups excluding carboxylic acids is 1. The molecule has 2 rings (SSSR count). The second-order valence-corrected chi connectivity index (χ2v) is 4.52. The Balaban J connectivity index is 2.26. The Hall–Kier alpha value is -2.08. The number of rotatable bonds is 5. The van der Waals surface area contributed by atoms with Gasteiger partial charge in [-0.1, -0.05) is 17.3 Å². The fourth-order valence-corrected chi connectivity index (χ4v) is 2.10. The van der Waals surface area contributed by atoms with Crippen molar-refractivity contribution in [2.75, 3.05) is 20.8 Å². The van der Waals surface area contributed by atoms with E-state index in [1.165, 1.54) is 14.2 Å². The number of para-hydroxylation sites is 1. The Bertz CT molecular complexity index is 509. The summed E-state index contributed by atoms with van der Waals surface area (Å²) >= 11 is 0. The minimum Gasteiger partial charge on any atom is -0.464 e. The Morgan fingerprint density at radius 3 is 2.76 bits per heavy atom. The summed E-state index contributed by atoms with van der Waals surface area (Å²) in [6.07, 6.45) is 2.62. The van der Waals surface area contributed by atoms with Crippen LogP contribution < -0.4 is 4.74 Å². The molecular weight excluding hydrogens is 274 g/mol. The largest absolute Gasteiger partial charge is 0.464 e. The summed E-state index contributed by atoms with van der Waals surface area (Å²) in [6, 6.07) is 7.11. The van der Waals surface area contributed by atoms with E-state index in [9.17, 15) is 4.79 Å². The fourth-order valence-electron chi connectivity index (χ4n) is 2.10. The number of hydrogen-bond acceptors (Lipinski definition) is 6. The first-order valence-corrected chi connectivity index (χ1v) is 6.83. The third kappa shape index (κ3) is 3.95. The van der Waals surface area contributed by atoms with E-state index in [0.29, 0.717) is 17.9 Å². The van der Waals surface area contributed by atoms with Crippen molar-refractivity contribution in [3.8, 4) is 5.75 Å². The van der Waals surface area contributed by atoms with Crippen molar-refractivity contribution in [1.82, 2.24) is 0 Å². The van der Waals surface area contributed by atoms with Gasteiger partial charge in [0.25, 0.3) is 0 Å². The normalized spacial score (nSPS) is 19.0. The summed E-state index contributed by atoms with van der Waals surface area (Å²) in [6.45, 7) is 0.683. The maximum Gasteiger partial charge on any atom is 0.360 e. The lowest BCUT2D eigenvalue weighted by Gasteiger charge is -2.24. The van der Waals surface area contributed by atoms with E-state index in [-0.39, 0.29) is 12.0 Å². The number of benzene rings is 1. The Kier molecular flexibility index (Phi) is 5.57. The highest BCUT2D eigenvalue weighted by atomic mass is 16.7. The average molecular weight is 293 g/mol. The van der Waals surface area contributed by atoms with E-state index in [1.54, 1.807) is 18.2 Å². The van der Waals surface area contributed by atoms with Crippen LogP contribution in [0.25, 0.3) is 0 Å². The second-order valence-electron chi connectivity index (χ2n) is 4.52. The summed E-state index contributed by atoms with van der Waals surface area (Å²) < 4.78 is 16.1. The van der Waals surface area contributed by atoms with Gasteiger partial charge in [-0.2, -0.15) is 0 Å². The van der Waals surface area contributed by atoms with E-state index >= 15 is 0 Å². The predicted molar refractivity (Wildman–Crippen MR) is 76.2 cm³/mol. The monoisotopic (exact) mass is 293 g/mol. The van der Waals surface area contributed by atoms with E-state index in [1.807, 2.05) is 6.07 Å². The van der Waals surface area contributed by atoms with Crippen LogP contribution in [0.5, 0.6) is 5.75 Å². The molecule has 6 nitrogen and oxygen atoms in total. The zero-order valence-corrected chi connectivity index (χ0v) is 12.2. The van der Waals surface area contributed by atoms with Crippen LogP contribution in [0.3, 0.4) is 0 Å². The molecule has 0 spiro atoms. The quantitative estimate of drug-likeness (QED) is 0.472. The predicted octanol–water partition coefficient (Wildman–Crippen LogP) is 2.12. The Labute approximate surface area is 123 Å². The molecule has 0 radical (unpaired) electrons. The number of oxime groups is 1. The van der Waals surface area contributed by atoms with E-state index in [0.717, 1.165) is 19.3 Å². The third-order valence-electron chi connectivity index (χ3n) is 3.10. The fraction of sp³-hybridized carbons (Fsp3) is 0.467. The highest BCUT2D eigenvalue weighted by Crippen LogP contribution is 2.24. The first-order chi connectivity index (χ1) is 10.3. The molecule has 1 heterocycles. The van der Waals surface area contributed by atoms with E-state index in [2.05, 4.69) is 5.16 Å². The first-order valence-electron chi connectivity index (χ1n) is 6.83. The van der Waals surface area contributed by atoms with Crippen LogP contribution in [0.2, 0.25) is 0 Å². The molecule has 1 fully saturated rings. The number of hydrogen-bond donors (Lipinski definition) is 0. The summed E-state index contributed by atoms with van der Waals surface area (Å²) in [5.41, 5.74) is 0.576. The molecule has 0 aromatic heterocycles.